The zero-order chi connectivity index (χ0) is 10.5. The first-order chi connectivity index (χ1) is 5.87. The molecule has 0 saturated heterocycles. The summed E-state index contributed by atoms with van der Waals surface area (Å²) in [6.07, 6.45) is 1.38. The summed E-state index contributed by atoms with van der Waals surface area (Å²) in [4.78, 5) is 0. The van der Waals surface area contributed by atoms with Crippen LogP contribution < -0.4 is 0 Å². The Labute approximate surface area is 80.4 Å². The number of aliphatic hydroxyl groups excluding tert-OH is 2. The average molecular weight is 190 g/mol. The molecule has 3 N–H and O–H groups in total. The molecule has 0 aromatic heterocycles. The van der Waals surface area contributed by atoms with Crippen molar-refractivity contribution in [1.29, 1.82) is 0 Å². The van der Waals surface area contributed by atoms with Gasteiger partial charge in [0, 0.05) is 6.61 Å². The highest BCUT2D eigenvalue weighted by Gasteiger charge is 2.18. The Kier molecular flexibility index (Phi) is 5.53. The minimum atomic E-state index is -0.708. The molecule has 0 radical (unpaired) electrons. The summed E-state index contributed by atoms with van der Waals surface area (Å²) < 4.78 is 0. The number of aliphatic hydroxyl groups is 3. The van der Waals surface area contributed by atoms with E-state index in [-0.39, 0.29) is 12.5 Å². The Morgan fingerprint density at radius 3 is 2.15 bits per heavy atom. The topological polar surface area (TPSA) is 60.7 Å². The first kappa shape index (κ1) is 12.9. The largest absolute Gasteiger partial charge is 0.396 e. The fourth-order valence-corrected chi connectivity index (χ4v) is 1.18. The number of hydrogen-bond acceptors (Lipinski definition) is 3. The summed E-state index contributed by atoms with van der Waals surface area (Å²) in [5.41, 5.74) is -0.708. The van der Waals surface area contributed by atoms with Gasteiger partial charge >= 0.3 is 0 Å². The van der Waals surface area contributed by atoms with Crippen molar-refractivity contribution in [2.45, 2.75) is 51.7 Å². The molecule has 0 amide bonds. The zero-order valence-electron chi connectivity index (χ0n) is 8.82. The van der Waals surface area contributed by atoms with Gasteiger partial charge in [0.05, 0.1) is 11.7 Å². The maximum atomic E-state index is 9.59. The molecule has 0 aliphatic carbocycles. The van der Waals surface area contributed by atoms with E-state index in [1.165, 1.54) is 0 Å². The highest BCUT2D eigenvalue weighted by molar-refractivity contribution is 4.71. The van der Waals surface area contributed by atoms with Crippen LogP contribution in [-0.2, 0) is 0 Å². The zero-order valence-corrected chi connectivity index (χ0v) is 8.82. The van der Waals surface area contributed by atoms with Crippen molar-refractivity contribution in [1.82, 2.24) is 0 Å². The van der Waals surface area contributed by atoms with Crippen molar-refractivity contribution in [3.05, 3.63) is 0 Å². The van der Waals surface area contributed by atoms with E-state index in [1.54, 1.807) is 13.8 Å². The number of hydrogen-bond donors (Lipinski definition) is 3. The fraction of sp³-hybridized carbons (Fsp3) is 1.00. The minimum Gasteiger partial charge on any atom is -0.396 e. The molecule has 0 rings (SSSR count). The van der Waals surface area contributed by atoms with Gasteiger partial charge < -0.3 is 15.3 Å². The lowest BCUT2D eigenvalue weighted by molar-refractivity contribution is 0.0317. The molecule has 0 aliphatic rings. The molecule has 2 unspecified atom stereocenters. The second-order valence-electron chi connectivity index (χ2n) is 4.41. The third kappa shape index (κ3) is 6.99. The first-order valence-electron chi connectivity index (χ1n) is 4.88. The second kappa shape index (κ2) is 5.58. The van der Waals surface area contributed by atoms with E-state index in [1.807, 2.05) is 6.92 Å². The smallest absolute Gasteiger partial charge is 0.0592 e. The Bertz CT molecular complexity index is 129. The lowest BCUT2D eigenvalue weighted by atomic mass is 9.93. The molecule has 3 nitrogen and oxygen atoms in total. The lowest BCUT2D eigenvalue weighted by Gasteiger charge is -2.22. The van der Waals surface area contributed by atoms with Crippen LogP contribution in [0.2, 0.25) is 0 Å². The van der Waals surface area contributed by atoms with E-state index < -0.39 is 11.7 Å². The van der Waals surface area contributed by atoms with Gasteiger partial charge in [-0.3, -0.25) is 0 Å². The van der Waals surface area contributed by atoms with Crippen molar-refractivity contribution < 1.29 is 15.3 Å². The van der Waals surface area contributed by atoms with Crippen LogP contribution in [0, 0.1) is 5.92 Å². The van der Waals surface area contributed by atoms with Crippen LogP contribution in [0.4, 0.5) is 0 Å². The maximum Gasteiger partial charge on any atom is 0.0592 e. The normalized spacial score (nSPS) is 17.1. The van der Waals surface area contributed by atoms with Gasteiger partial charge in [0.1, 0.15) is 0 Å². The monoisotopic (exact) mass is 190 g/mol. The van der Waals surface area contributed by atoms with Gasteiger partial charge in [-0.05, 0) is 39.0 Å². The standard InChI is InChI=1S/C10H22O3/c1-8(5-7-11)9(12)4-6-10(2,3)13/h8-9,11-13H,4-7H2,1-3H3. The van der Waals surface area contributed by atoms with Gasteiger partial charge in [-0.15, -0.1) is 0 Å². The third-order valence-corrected chi connectivity index (χ3v) is 2.29. The van der Waals surface area contributed by atoms with Crippen LogP contribution in [-0.4, -0.2) is 33.6 Å². The van der Waals surface area contributed by atoms with E-state index in [9.17, 15) is 10.2 Å². The highest BCUT2D eigenvalue weighted by atomic mass is 16.3. The van der Waals surface area contributed by atoms with Crippen LogP contribution in [0.25, 0.3) is 0 Å². The van der Waals surface area contributed by atoms with Crippen molar-refractivity contribution in [2.75, 3.05) is 6.61 Å². The predicted molar refractivity (Wildman–Crippen MR) is 52.4 cm³/mol. The van der Waals surface area contributed by atoms with E-state index in [4.69, 9.17) is 5.11 Å². The summed E-state index contributed by atoms with van der Waals surface area (Å²) in [7, 11) is 0. The molecule has 0 fully saturated rings. The summed E-state index contributed by atoms with van der Waals surface area (Å²) in [6.45, 7) is 5.48. The van der Waals surface area contributed by atoms with E-state index >= 15 is 0 Å². The molecule has 0 aromatic rings. The van der Waals surface area contributed by atoms with Crippen molar-refractivity contribution in [3.8, 4) is 0 Å². The Morgan fingerprint density at radius 2 is 1.77 bits per heavy atom. The Hall–Kier alpha value is -0.120. The molecule has 0 spiro atoms. The molecule has 2 atom stereocenters. The highest BCUT2D eigenvalue weighted by Crippen LogP contribution is 2.17. The molecule has 0 aromatic carbocycles. The van der Waals surface area contributed by atoms with E-state index in [0.29, 0.717) is 19.3 Å². The summed E-state index contributed by atoms with van der Waals surface area (Å²) in [5.74, 6) is 0.104. The SMILES string of the molecule is CC(CCO)C(O)CCC(C)(C)O. The second-order valence-corrected chi connectivity index (χ2v) is 4.41. The van der Waals surface area contributed by atoms with Crippen LogP contribution >= 0.6 is 0 Å². The van der Waals surface area contributed by atoms with Gasteiger partial charge in [0.15, 0.2) is 0 Å². The molecule has 80 valence electrons. The molecule has 0 heterocycles. The van der Waals surface area contributed by atoms with Crippen LogP contribution in [0.1, 0.15) is 40.0 Å². The predicted octanol–water partition coefficient (Wildman–Crippen LogP) is 0.917. The van der Waals surface area contributed by atoms with E-state index in [2.05, 4.69) is 0 Å². The molecular weight excluding hydrogens is 168 g/mol. The summed E-state index contributed by atoms with van der Waals surface area (Å²) in [5, 5.41) is 27.7. The fourth-order valence-electron chi connectivity index (χ4n) is 1.18. The first-order valence-corrected chi connectivity index (χ1v) is 4.88. The number of rotatable bonds is 6. The van der Waals surface area contributed by atoms with E-state index in [0.717, 1.165) is 0 Å². The molecule has 0 saturated carbocycles. The Balaban J connectivity index is 3.67. The van der Waals surface area contributed by atoms with Crippen molar-refractivity contribution in [2.24, 2.45) is 5.92 Å². The van der Waals surface area contributed by atoms with Crippen LogP contribution in [0.5, 0.6) is 0 Å². The quantitative estimate of drug-likeness (QED) is 0.583. The average Bonchev–Trinajstić information content (AvgIpc) is 1.99. The van der Waals surface area contributed by atoms with Crippen molar-refractivity contribution >= 4 is 0 Å². The van der Waals surface area contributed by atoms with Crippen LogP contribution in [0.15, 0.2) is 0 Å². The third-order valence-electron chi connectivity index (χ3n) is 2.29. The molecular formula is C10H22O3. The molecule has 0 bridgehead atoms. The Morgan fingerprint density at radius 1 is 1.23 bits per heavy atom. The summed E-state index contributed by atoms with van der Waals surface area (Å²) in [6, 6.07) is 0. The van der Waals surface area contributed by atoms with Gasteiger partial charge in [-0.1, -0.05) is 6.92 Å². The molecule has 3 heteroatoms. The minimum absolute atomic E-state index is 0.104. The lowest BCUT2D eigenvalue weighted by Crippen LogP contribution is -2.25. The van der Waals surface area contributed by atoms with Crippen molar-refractivity contribution in [3.63, 3.8) is 0 Å². The maximum absolute atomic E-state index is 9.59. The van der Waals surface area contributed by atoms with Crippen LogP contribution in [0.3, 0.4) is 0 Å². The molecule has 0 aliphatic heterocycles. The van der Waals surface area contributed by atoms with Gasteiger partial charge in [0.25, 0.3) is 0 Å². The van der Waals surface area contributed by atoms with Gasteiger partial charge in [-0.2, -0.15) is 0 Å². The van der Waals surface area contributed by atoms with Gasteiger partial charge in [-0.25, -0.2) is 0 Å². The van der Waals surface area contributed by atoms with Gasteiger partial charge in [0.2, 0.25) is 0 Å². The molecule has 13 heavy (non-hydrogen) atoms. The summed E-state index contributed by atoms with van der Waals surface area (Å²) >= 11 is 0.